The normalized spacial score (nSPS) is 10.5. The third-order valence-electron chi connectivity index (χ3n) is 1.99. The van der Waals surface area contributed by atoms with E-state index >= 15 is 0 Å². The van der Waals surface area contributed by atoms with Crippen LogP contribution in [-0.2, 0) is 0 Å². The molecule has 0 N–H and O–H groups in total. The molecule has 5 heteroatoms. The van der Waals surface area contributed by atoms with Crippen molar-refractivity contribution < 1.29 is 0 Å². The summed E-state index contributed by atoms with van der Waals surface area (Å²) in [6, 6.07) is 6.96. The zero-order chi connectivity index (χ0) is 11.7. The Bertz CT molecular complexity index is 519. The molecule has 0 spiro atoms. The van der Waals surface area contributed by atoms with E-state index in [-0.39, 0.29) is 5.15 Å². The molecule has 82 valence electrons. The minimum absolute atomic E-state index is 0.276. The van der Waals surface area contributed by atoms with E-state index in [0.717, 1.165) is 11.1 Å². The van der Waals surface area contributed by atoms with Gasteiger partial charge in [0.25, 0.3) is 0 Å². The van der Waals surface area contributed by atoms with Gasteiger partial charge in [-0.2, -0.15) is 0 Å². The first-order valence-electron chi connectivity index (χ1n) is 4.34. The number of hydrogen-bond donors (Lipinski definition) is 0. The number of pyridine rings is 1. The van der Waals surface area contributed by atoms with E-state index in [1.807, 2.05) is 0 Å². The predicted molar refractivity (Wildman–Crippen MR) is 69.7 cm³/mol. The number of hydrogen-bond acceptors (Lipinski definition) is 1. The molecule has 1 heterocycles. The second-order valence-electron chi connectivity index (χ2n) is 3.15. The molecule has 16 heavy (non-hydrogen) atoms. The molecular formula is C11H5Cl4N. The Kier molecular flexibility index (Phi) is 3.60. The molecule has 0 amide bonds. The molecule has 2 aromatic rings. The Hall–Kier alpha value is -0.470. The predicted octanol–water partition coefficient (Wildman–Crippen LogP) is 5.36. The van der Waals surface area contributed by atoms with Crippen LogP contribution in [0.25, 0.3) is 11.1 Å². The minimum atomic E-state index is 0.276. The first-order valence-corrected chi connectivity index (χ1v) is 5.85. The zero-order valence-electron chi connectivity index (χ0n) is 7.85. The quantitative estimate of drug-likeness (QED) is 0.645. The summed E-state index contributed by atoms with van der Waals surface area (Å²) in [6.07, 6.45) is 1.62. The van der Waals surface area contributed by atoms with E-state index in [9.17, 15) is 0 Å². The van der Waals surface area contributed by atoms with E-state index in [1.54, 1.807) is 30.5 Å². The van der Waals surface area contributed by atoms with Gasteiger partial charge < -0.3 is 0 Å². The number of nitrogens with zero attached hydrogens (tertiary/aromatic N) is 1. The van der Waals surface area contributed by atoms with Crippen molar-refractivity contribution in [2.75, 3.05) is 0 Å². The fourth-order valence-electron chi connectivity index (χ4n) is 1.30. The van der Waals surface area contributed by atoms with Crippen LogP contribution in [0.4, 0.5) is 0 Å². The fourth-order valence-corrected chi connectivity index (χ4v) is 2.10. The third kappa shape index (κ3) is 2.61. The highest BCUT2D eigenvalue weighted by Crippen LogP contribution is 2.30. The highest BCUT2D eigenvalue weighted by molar-refractivity contribution is 6.41. The number of benzene rings is 1. The van der Waals surface area contributed by atoms with Gasteiger partial charge in [-0.1, -0.05) is 46.4 Å². The lowest BCUT2D eigenvalue weighted by molar-refractivity contribution is 1.33. The van der Waals surface area contributed by atoms with Crippen LogP contribution in [0.3, 0.4) is 0 Å². The molecule has 1 nitrogen and oxygen atoms in total. The second-order valence-corrected chi connectivity index (χ2v) is 4.79. The molecule has 0 saturated heterocycles. The molecule has 0 fully saturated rings. The summed E-state index contributed by atoms with van der Waals surface area (Å²) >= 11 is 23.4. The van der Waals surface area contributed by atoms with E-state index in [2.05, 4.69) is 4.98 Å². The third-order valence-corrected chi connectivity index (χ3v) is 3.11. The van der Waals surface area contributed by atoms with Gasteiger partial charge in [-0.15, -0.1) is 0 Å². The molecule has 0 saturated carbocycles. The van der Waals surface area contributed by atoms with Crippen molar-refractivity contribution in [1.82, 2.24) is 4.98 Å². The van der Waals surface area contributed by atoms with Crippen LogP contribution in [0.2, 0.25) is 20.2 Å². The summed E-state index contributed by atoms with van der Waals surface area (Å²) in [5.74, 6) is 0. The maximum atomic E-state index is 5.91. The lowest BCUT2D eigenvalue weighted by atomic mass is 10.1. The number of halogens is 4. The van der Waals surface area contributed by atoms with Crippen LogP contribution in [0.5, 0.6) is 0 Å². The summed E-state index contributed by atoms with van der Waals surface area (Å²) in [6.45, 7) is 0. The number of rotatable bonds is 1. The fraction of sp³-hybridized carbons (Fsp3) is 0. The summed E-state index contributed by atoms with van der Waals surface area (Å²) in [7, 11) is 0. The molecule has 0 aliphatic rings. The van der Waals surface area contributed by atoms with Gasteiger partial charge in [0.1, 0.15) is 5.15 Å². The summed E-state index contributed by atoms with van der Waals surface area (Å²) in [4.78, 5) is 3.96. The maximum absolute atomic E-state index is 5.91. The van der Waals surface area contributed by atoms with E-state index in [1.165, 1.54) is 0 Å². The van der Waals surface area contributed by atoms with Crippen molar-refractivity contribution >= 4 is 46.4 Å². The molecule has 2 rings (SSSR count). The highest BCUT2D eigenvalue weighted by Gasteiger charge is 2.05. The van der Waals surface area contributed by atoms with Gasteiger partial charge in [-0.05, 0) is 29.8 Å². The smallest absolute Gasteiger partial charge is 0.147 e. The van der Waals surface area contributed by atoms with Crippen LogP contribution in [0.15, 0.2) is 30.5 Å². The molecule has 1 aromatic heterocycles. The van der Waals surface area contributed by atoms with E-state index in [0.29, 0.717) is 15.1 Å². The van der Waals surface area contributed by atoms with Gasteiger partial charge in [0, 0.05) is 21.8 Å². The van der Waals surface area contributed by atoms with E-state index < -0.39 is 0 Å². The van der Waals surface area contributed by atoms with Crippen molar-refractivity contribution in [3.8, 4) is 11.1 Å². The summed E-state index contributed by atoms with van der Waals surface area (Å²) in [5, 5.41) is 1.80. The molecule has 0 aliphatic heterocycles. The molecule has 0 radical (unpaired) electrons. The Morgan fingerprint density at radius 1 is 0.750 bits per heavy atom. The van der Waals surface area contributed by atoms with Crippen LogP contribution in [0.1, 0.15) is 0 Å². The van der Waals surface area contributed by atoms with Crippen LogP contribution < -0.4 is 0 Å². The molecule has 0 atom stereocenters. The molecule has 1 aromatic carbocycles. The average molecular weight is 293 g/mol. The molecule has 0 bridgehead atoms. The van der Waals surface area contributed by atoms with Crippen molar-refractivity contribution in [3.05, 3.63) is 50.7 Å². The molecular weight excluding hydrogens is 288 g/mol. The summed E-state index contributed by atoms with van der Waals surface area (Å²) in [5.41, 5.74) is 1.67. The van der Waals surface area contributed by atoms with Crippen LogP contribution >= 0.6 is 46.4 Å². The average Bonchev–Trinajstić information content (AvgIpc) is 2.20. The van der Waals surface area contributed by atoms with E-state index in [4.69, 9.17) is 46.4 Å². The van der Waals surface area contributed by atoms with Gasteiger partial charge in [0.2, 0.25) is 0 Å². The topological polar surface area (TPSA) is 12.9 Å². The van der Waals surface area contributed by atoms with Crippen LogP contribution in [0, 0.1) is 0 Å². The lowest BCUT2D eigenvalue weighted by Crippen LogP contribution is -1.82. The van der Waals surface area contributed by atoms with Crippen molar-refractivity contribution in [2.24, 2.45) is 0 Å². The molecule has 0 unspecified atom stereocenters. The van der Waals surface area contributed by atoms with Crippen molar-refractivity contribution in [1.29, 1.82) is 0 Å². The SMILES string of the molecule is Clc1cc(Cl)cc(-c2cnc(Cl)c(Cl)c2)c1. The Morgan fingerprint density at radius 2 is 1.38 bits per heavy atom. The standard InChI is InChI=1S/C11H5Cl4N/c12-8-1-6(2-9(13)4-8)7-3-10(14)11(15)16-5-7/h1-5H. The van der Waals surface area contributed by atoms with Gasteiger partial charge in [0.05, 0.1) is 5.02 Å². The van der Waals surface area contributed by atoms with Gasteiger partial charge in [-0.25, -0.2) is 4.98 Å². The van der Waals surface area contributed by atoms with Crippen molar-refractivity contribution in [3.63, 3.8) is 0 Å². The Balaban J connectivity index is 2.54. The Labute approximate surface area is 113 Å². The van der Waals surface area contributed by atoms with Gasteiger partial charge >= 0.3 is 0 Å². The maximum Gasteiger partial charge on any atom is 0.147 e. The van der Waals surface area contributed by atoms with Crippen molar-refractivity contribution in [2.45, 2.75) is 0 Å². The van der Waals surface area contributed by atoms with Crippen LogP contribution in [-0.4, -0.2) is 4.98 Å². The summed E-state index contributed by atoms with van der Waals surface area (Å²) < 4.78 is 0. The second kappa shape index (κ2) is 4.80. The lowest BCUT2D eigenvalue weighted by Gasteiger charge is -2.04. The zero-order valence-corrected chi connectivity index (χ0v) is 10.9. The number of aromatic nitrogens is 1. The van der Waals surface area contributed by atoms with Gasteiger partial charge in [0.15, 0.2) is 0 Å². The first-order chi connectivity index (χ1) is 7.56. The largest absolute Gasteiger partial charge is 0.242 e. The Morgan fingerprint density at radius 3 is 1.94 bits per heavy atom. The first kappa shape index (κ1) is 12.0. The minimum Gasteiger partial charge on any atom is -0.242 e. The monoisotopic (exact) mass is 291 g/mol. The molecule has 0 aliphatic carbocycles. The highest BCUT2D eigenvalue weighted by atomic mass is 35.5. The van der Waals surface area contributed by atoms with Gasteiger partial charge in [-0.3, -0.25) is 0 Å².